The van der Waals surface area contributed by atoms with Crippen molar-refractivity contribution in [1.82, 2.24) is 4.98 Å². The molecule has 0 bridgehead atoms. The molecular weight excluding hydrogens is 570 g/mol. The number of sulfonamides is 1. The van der Waals surface area contributed by atoms with Crippen molar-refractivity contribution in [3.63, 3.8) is 0 Å². The first-order valence-electron chi connectivity index (χ1n) is 10.9. The topological polar surface area (TPSA) is 123 Å². The zero-order valence-electron chi connectivity index (χ0n) is 20.2. The summed E-state index contributed by atoms with van der Waals surface area (Å²) < 4.78 is 57.7. The number of aromatic nitrogens is 1. The van der Waals surface area contributed by atoms with Gasteiger partial charge in [0.25, 0.3) is 15.9 Å². The van der Waals surface area contributed by atoms with E-state index in [2.05, 4.69) is 16.9 Å². The van der Waals surface area contributed by atoms with Crippen LogP contribution in [0.25, 0.3) is 10.2 Å². The number of amides is 1. The van der Waals surface area contributed by atoms with Gasteiger partial charge in [0.2, 0.25) is 0 Å². The summed E-state index contributed by atoms with van der Waals surface area (Å²) >= 11 is 7.34. The van der Waals surface area contributed by atoms with Gasteiger partial charge in [-0.15, -0.1) is 6.58 Å². The third-order valence-corrected chi connectivity index (χ3v) is 9.60. The molecule has 9 nitrogen and oxygen atoms in total. The summed E-state index contributed by atoms with van der Waals surface area (Å²) in [5.41, 5.74) is 0.811. The minimum absolute atomic E-state index is 0.0139. The molecule has 0 saturated heterocycles. The zero-order chi connectivity index (χ0) is 27.7. The summed E-state index contributed by atoms with van der Waals surface area (Å²) in [6, 6.07) is 14.8. The maximum Gasteiger partial charge on any atom is 0.264 e. The maximum absolute atomic E-state index is 13.6. The standard InChI is InChI=1S/C25H22ClN3O6S3/c1-4-13-29(16-5-7-17(35-2)8-6-16)38(33,34)19-9-11-21(26)20(14-19)24(30)28-25-27-22-12-10-18(37(3,31)32)15-23(22)36-25/h4-12,14-15H,1,13H2,2-3H3,(H,27,28,30). The molecule has 3 aromatic carbocycles. The fraction of sp³-hybridized carbons (Fsp3) is 0.120. The maximum atomic E-state index is 13.6. The molecule has 0 aliphatic rings. The molecular formula is C25H22ClN3O6S3. The van der Waals surface area contributed by atoms with Crippen LogP contribution in [0.2, 0.25) is 5.02 Å². The van der Waals surface area contributed by atoms with Crippen LogP contribution < -0.4 is 14.4 Å². The molecule has 1 N–H and O–H groups in total. The molecule has 38 heavy (non-hydrogen) atoms. The minimum Gasteiger partial charge on any atom is -0.497 e. The van der Waals surface area contributed by atoms with E-state index < -0.39 is 25.8 Å². The summed E-state index contributed by atoms with van der Waals surface area (Å²) in [5, 5.41) is 2.86. The van der Waals surface area contributed by atoms with Gasteiger partial charge in [0.05, 0.1) is 49.9 Å². The van der Waals surface area contributed by atoms with Crippen LogP contribution in [-0.4, -0.2) is 47.6 Å². The van der Waals surface area contributed by atoms with Crippen LogP contribution in [0.3, 0.4) is 0 Å². The number of nitrogens with one attached hydrogen (secondary N) is 1. The lowest BCUT2D eigenvalue weighted by atomic mass is 10.2. The number of sulfone groups is 1. The summed E-state index contributed by atoms with van der Waals surface area (Å²) in [6.45, 7) is 3.64. The van der Waals surface area contributed by atoms with E-state index in [1.807, 2.05) is 0 Å². The average Bonchev–Trinajstić information content (AvgIpc) is 3.28. The van der Waals surface area contributed by atoms with E-state index in [1.54, 1.807) is 30.3 Å². The van der Waals surface area contributed by atoms with Gasteiger partial charge in [0.1, 0.15) is 5.75 Å². The number of hydrogen-bond donors (Lipinski definition) is 1. The Morgan fingerprint density at radius 2 is 1.76 bits per heavy atom. The molecule has 0 aliphatic heterocycles. The van der Waals surface area contributed by atoms with E-state index in [0.29, 0.717) is 21.7 Å². The molecule has 0 spiro atoms. The van der Waals surface area contributed by atoms with Gasteiger partial charge in [-0.05, 0) is 60.7 Å². The van der Waals surface area contributed by atoms with Crippen LogP contribution in [-0.2, 0) is 19.9 Å². The highest BCUT2D eigenvalue weighted by molar-refractivity contribution is 7.92. The molecule has 198 valence electrons. The van der Waals surface area contributed by atoms with Crippen LogP contribution in [0.5, 0.6) is 5.75 Å². The summed E-state index contributed by atoms with van der Waals surface area (Å²) in [4.78, 5) is 17.4. The first-order valence-corrected chi connectivity index (χ1v) is 15.5. The van der Waals surface area contributed by atoms with Crippen LogP contribution in [0.4, 0.5) is 10.8 Å². The molecule has 0 saturated carbocycles. The fourth-order valence-electron chi connectivity index (χ4n) is 3.53. The van der Waals surface area contributed by atoms with E-state index in [-0.39, 0.29) is 32.1 Å². The number of nitrogens with zero attached hydrogens (tertiary/aromatic N) is 2. The Morgan fingerprint density at radius 3 is 2.39 bits per heavy atom. The van der Waals surface area contributed by atoms with Crippen molar-refractivity contribution in [1.29, 1.82) is 0 Å². The number of anilines is 2. The second-order valence-electron chi connectivity index (χ2n) is 8.04. The van der Waals surface area contributed by atoms with Crippen LogP contribution in [0, 0.1) is 0 Å². The number of carbonyl (C=O) groups excluding carboxylic acids is 1. The predicted octanol–water partition coefficient (Wildman–Crippen LogP) is 5.00. The molecule has 13 heteroatoms. The van der Waals surface area contributed by atoms with Crippen LogP contribution in [0.15, 0.2) is 83.1 Å². The predicted molar refractivity (Wildman–Crippen MR) is 150 cm³/mol. The number of methoxy groups -OCH3 is 1. The van der Waals surface area contributed by atoms with E-state index in [9.17, 15) is 21.6 Å². The monoisotopic (exact) mass is 591 g/mol. The molecule has 4 rings (SSSR count). The number of carbonyl (C=O) groups is 1. The Bertz CT molecular complexity index is 1750. The molecule has 0 aliphatic carbocycles. The molecule has 0 radical (unpaired) electrons. The van der Waals surface area contributed by atoms with Crippen molar-refractivity contribution < 1.29 is 26.4 Å². The lowest BCUT2D eigenvalue weighted by Crippen LogP contribution is -2.31. The number of fused-ring (bicyclic) bond motifs is 1. The molecule has 4 aromatic rings. The SMILES string of the molecule is C=CCN(c1ccc(OC)cc1)S(=O)(=O)c1ccc(Cl)c(C(=O)Nc2nc3ccc(S(C)(=O)=O)cc3s2)c1. The van der Waals surface area contributed by atoms with Crippen molar-refractivity contribution in [2.75, 3.05) is 29.5 Å². The van der Waals surface area contributed by atoms with Gasteiger partial charge in [-0.1, -0.05) is 29.0 Å². The Morgan fingerprint density at radius 1 is 1.08 bits per heavy atom. The fourth-order valence-corrected chi connectivity index (χ4v) is 6.82. The Labute approximate surface area is 229 Å². The molecule has 0 fully saturated rings. The number of thiazole rings is 1. The molecule has 1 amide bonds. The lowest BCUT2D eigenvalue weighted by Gasteiger charge is -2.23. The third-order valence-electron chi connectivity index (χ3n) is 5.43. The molecule has 1 aromatic heterocycles. The summed E-state index contributed by atoms with van der Waals surface area (Å²) in [5.74, 6) is -0.105. The van der Waals surface area contributed by atoms with E-state index in [0.717, 1.165) is 21.9 Å². The first kappa shape index (κ1) is 27.6. The Kier molecular flexibility index (Phi) is 7.79. The van der Waals surface area contributed by atoms with Gasteiger partial charge in [0, 0.05) is 6.26 Å². The zero-order valence-corrected chi connectivity index (χ0v) is 23.4. The largest absolute Gasteiger partial charge is 0.497 e. The number of hydrogen-bond acceptors (Lipinski definition) is 8. The van der Waals surface area contributed by atoms with Gasteiger partial charge in [-0.25, -0.2) is 21.8 Å². The quantitative estimate of drug-likeness (QED) is 0.272. The second kappa shape index (κ2) is 10.7. The normalized spacial score (nSPS) is 11.8. The van der Waals surface area contributed by atoms with Gasteiger partial charge in [0.15, 0.2) is 15.0 Å². The van der Waals surface area contributed by atoms with Crippen molar-refractivity contribution in [3.8, 4) is 5.75 Å². The third kappa shape index (κ3) is 5.68. The van der Waals surface area contributed by atoms with Gasteiger partial charge < -0.3 is 4.74 Å². The molecule has 1 heterocycles. The van der Waals surface area contributed by atoms with Crippen molar-refractivity contribution in [2.24, 2.45) is 0 Å². The van der Waals surface area contributed by atoms with Crippen LogP contribution >= 0.6 is 22.9 Å². The Hall–Kier alpha value is -3.45. The van der Waals surface area contributed by atoms with E-state index in [4.69, 9.17) is 16.3 Å². The summed E-state index contributed by atoms with van der Waals surface area (Å²) in [7, 11) is -6.01. The highest BCUT2D eigenvalue weighted by Gasteiger charge is 2.26. The highest BCUT2D eigenvalue weighted by Crippen LogP contribution is 2.31. The van der Waals surface area contributed by atoms with Gasteiger partial charge >= 0.3 is 0 Å². The highest BCUT2D eigenvalue weighted by atomic mass is 35.5. The molecule has 0 unspecified atom stereocenters. The average molecular weight is 592 g/mol. The first-order chi connectivity index (χ1) is 17.9. The number of ether oxygens (including phenoxy) is 1. The van der Waals surface area contributed by atoms with Crippen LogP contribution in [0.1, 0.15) is 10.4 Å². The smallest absolute Gasteiger partial charge is 0.264 e. The second-order valence-corrected chi connectivity index (χ2v) is 13.4. The molecule has 0 atom stereocenters. The number of benzene rings is 3. The Balaban J connectivity index is 1.65. The van der Waals surface area contributed by atoms with Gasteiger partial charge in [-0.3, -0.25) is 14.4 Å². The van der Waals surface area contributed by atoms with E-state index >= 15 is 0 Å². The van der Waals surface area contributed by atoms with Crippen molar-refractivity contribution in [3.05, 3.63) is 83.9 Å². The lowest BCUT2D eigenvalue weighted by molar-refractivity contribution is 0.102. The number of halogens is 1. The van der Waals surface area contributed by atoms with Crippen molar-refractivity contribution in [2.45, 2.75) is 9.79 Å². The summed E-state index contributed by atoms with van der Waals surface area (Å²) in [6.07, 6.45) is 2.55. The number of rotatable bonds is 9. The van der Waals surface area contributed by atoms with E-state index in [1.165, 1.54) is 43.5 Å². The van der Waals surface area contributed by atoms with Crippen molar-refractivity contribution >= 4 is 69.7 Å². The minimum atomic E-state index is -4.11. The van der Waals surface area contributed by atoms with Gasteiger partial charge in [-0.2, -0.15) is 0 Å².